The zero-order valence-electron chi connectivity index (χ0n) is 18.2. The molecule has 170 valence electrons. The number of aromatic hydroxyl groups is 1. The lowest BCUT2D eigenvalue weighted by atomic mass is 9.83. The third-order valence-electron chi connectivity index (χ3n) is 6.00. The predicted octanol–water partition coefficient (Wildman–Crippen LogP) is 4.45. The van der Waals surface area contributed by atoms with Crippen LogP contribution in [0.3, 0.4) is 0 Å². The molecule has 7 nitrogen and oxygen atoms in total. The van der Waals surface area contributed by atoms with Crippen LogP contribution >= 0.6 is 11.6 Å². The number of halogens is 1. The van der Waals surface area contributed by atoms with Gasteiger partial charge >= 0.3 is 0 Å². The minimum atomic E-state index is -1.58. The van der Waals surface area contributed by atoms with Crippen molar-refractivity contribution in [3.05, 3.63) is 112 Å². The fourth-order valence-corrected chi connectivity index (χ4v) is 4.53. The molecule has 0 aliphatic heterocycles. The first-order chi connectivity index (χ1) is 16.4. The van der Waals surface area contributed by atoms with Crippen molar-refractivity contribution < 1.29 is 10.2 Å². The second-order valence-electron chi connectivity index (χ2n) is 7.96. The Labute approximate surface area is 200 Å². The Bertz CT molecular complexity index is 1550. The molecule has 0 saturated carbocycles. The minimum absolute atomic E-state index is 0.0326. The molecular formula is C26H21ClN4O3. The highest BCUT2D eigenvalue weighted by molar-refractivity contribution is 6.30. The van der Waals surface area contributed by atoms with E-state index in [2.05, 4.69) is 15.0 Å². The van der Waals surface area contributed by atoms with Gasteiger partial charge < -0.3 is 19.8 Å². The van der Waals surface area contributed by atoms with Crippen LogP contribution in [0.15, 0.2) is 84.2 Å². The van der Waals surface area contributed by atoms with Crippen molar-refractivity contribution in [1.82, 2.24) is 19.5 Å². The summed E-state index contributed by atoms with van der Waals surface area (Å²) in [6.07, 6.45) is 4.41. The Balaban J connectivity index is 1.83. The molecule has 1 atom stereocenters. The van der Waals surface area contributed by atoms with Crippen LogP contribution in [0, 0.1) is 0 Å². The van der Waals surface area contributed by atoms with Crippen molar-refractivity contribution >= 4 is 22.5 Å². The van der Waals surface area contributed by atoms with Crippen molar-refractivity contribution in [3.63, 3.8) is 0 Å². The molecule has 0 radical (unpaired) electrons. The van der Waals surface area contributed by atoms with Gasteiger partial charge in [-0.2, -0.15) is 0 Å². The lowest BCUT2D eigenvalue weighted by Crippen LogP contribution is -2.29. The summed E-state index contributed by atoms with van der Waals surface area (Å²) in [5.41, 5.74) is 1.71. The third kappa shape index (κ3) is 3.55. The van der Waals surface area contributed by atoms with Gasteiger partial charge in [0.15, 0.2) is 5.60 Å². The highest BCUT2D eigenvalue weighted by Gasteiger charge is 2.36. The lowest BCUT2D eigenvalue weighted by Gasteiger charge is -2.29. The van der Waals surface area contributed by atoms with E-state index in [9.17, 15) is 15.0 Å². The third-order valence-corrected chi connectivity index (χ3v) is 6.23. The van der Waals surface area contributed by atoms with Crippen molar-refractivity contribution in [2.45, 2.75) is 19.1 Å². The lowest BCUT2D eigenvalue weighted by molar-refractivity contribution is 0.121. The van der Waals surface area contributed by atoms with Gasteiger partial charge in [0.05, 0.1) is 35.6 Å². The van der Waals surface area contributed by atoms with Gasteiger partial charge in [0.2, 0.25) is 0 Å². The SMILES string of the molecule is CCn1c(=O)cc(-c2ccc(O)cn2)c2cc(C(O)(c3cccc(Cl)c3)c3cnc[nH]3)ccc21. The molecule has 3 N–H and O–H groups in total. The van der Waals surface area contributed by atoms with E-state index < -0.39 is 5.60 Å². The van der Waals surface area contributed by atoms with Gasteiger partial charge in [0.1, 0.15) is 5.75 Å². The second-order valence-corrected chi connectivity index (χ2v) is 8.40. The first kappa shape index (κ1) is 21.9. The zero-order valence-corrected chi connectivity index (χ0v) is 19.0. The van der Waals surface area contributed by atoms with Crippen molar-refractivity contribution in [3.8, 4) is 17.0 Å². The molecule has 3 heterocycles. The number of aromatic amines is 1. The van der Waals surface area contributed by atoms with Crippen molar-refractivity contribution in [2.75, 3.05) is 0 Å². The molecule has 0 aliphatic carbocycles. The molecule has 5 aromatic rings. The standard InChI is InChI=1S/C26H21ClN4O3/c1-2-31-23-9-6-17(11-21(23)20(12-25(31)33)22-8-7-19(32)13-29-22)26(34,24-14-28-15-30-24)16-4-3-5-18(27)10-16/h3-15,32,34H,2H2,1H3,(H,28,30). The van der Waals surface area contributed by atoms with Gasteiger partial charge in [-0.25, -0.2) is 4.98 Å². The number of aliphatic hydroxyl groups is 1. The van der Waals surface area contributed by atoms with Gasteiger partial charge in [0.25, 0.3) is 5.56 Å². The van der Waals surface area contributed by atoms with Gasteiger partial charge in [0, 0.05) is 28.6 Å². The number of hydrogen-bond acceptors (Lipinski definition) is 5. The van der Waals surface area contributed by atoms with Gasteiger partial charge in [-0.05, 0) is 54.4 Å². The van der Waals surface area contributed by atoms with E-state index in [0.717, 1.165) is 5.39 Å². The first-order valence-corrected chi connectivity index (χ1v) is 11.1. The first-order valence-electron chi connectivity index (χ1n) is 10.7. The second kappa shape index (κ2) is 8.44. The summed E-state index contributed by atoms with van der Waals surface area (Å²) in [4.78, 5) is 24.3. The number of imidazole rings is 1. The fraction of sp³-hybridized carbons (Fsp3) is 0.115. The monoisotopic (exact) mass is 472 g/mol. The minimum Gasteiger partial charge on any atom is -0.506 e. The van der Waals surface area contributed by atoms with E-state index in [4.69, 9.17) is 11.6 Å². The molecule has 5 rings (SSSR count). The normalized spacial score (nSPS) is 13.1. The van der Waals surface area contributed by atoms with Crippen LogP contribution in [0.5, 0.6) is 5.75 Å². The van der Waals surface area contributed by atoms with E-state index in [-0.39, 0.29) is 11.3 Å². The molecule has 34 heavy (non-hydrogen) atoms. The number of rotatable bonds is 5. The van der Waals surface area contributed by atoms with Crippen LogP contribution in [0.2, 0.25) is 5.02 Å². The summed E-state index contributed by atoms with van der Waals surface area (Å²) in [5.74, 6) is 0.0326. The van der Waals surface area contributed by atoms with Crippen molar-refractivity contribution in [1.29, 1.82) is 0 Å². The highest BCUT2D eigenvalue weighted by atomic mass is 35.5. The smallest absolute Gasteiger partial charge is 0.251 e. The van der Waals surface area contributed by atoms with Crippen LogP contribution in [-0.2, 0) is 12.1 Å². The van der Waals surface area contributed by atoms with Crippen LogP contribution in [0.4, 0.5) is 0 Å². The maximum Gasteiger partial charge on any atom is 0.251 e. The molecule has 0 aliphatic rings. The molecule has 0 amide bonds. The molecule has 0 fully saturated rings. The summed E-state index contributed by atoms with van der Waals surface area (Å²) in [5, 5.41) is 23.0. The van der Waals surface area contributed by atoms with E-state index in [0.29, 0.717) is 45.2 Å². The number of aryl methyl sites for hydroxylation is 1. The van der Waals surface area contributed by atoms with Crippen LogP contribution in [0.25, 0.3) is 22.2 Å². The Morgan fingerprint density at radius 3 is 2.56 bits per heavy atom. The molecule has 0 saturated heterocycles. The number of H-pyrrole nitrogens is 1. The van der Waals surface area contributed by atoms with Crippen LogP contribution in [0.1, 0.15) is 23.7 Å². The Morgan fingerprint density at radius 1 is 1.06 bits per heavy atom. The van der Waals surface area contributed by atoms with E-state index in [1.54, 1.807) is 47.2 Å². The number of aromatic nitrogens is 4. The molecule has 3 aromatic heterocycles. The highest BCUT2D eigenvalue weighted by Crippen LogP contribution is 2.39. The van der Waals surface area contributed by atoms with Gasteiger partial charge in [-0.3, -0.25) is 9.78 Å². The zero-order chi connectivity index (χ0) is 23.9. The number of fused-ring (bicyclic) bond motifs is 1. The maximum absolute atomic E-state index is 12.9. The topological polar surface area (TPSA) is 104 Å². The molecule has 0 spiro atoms. The number of benzene rings is 2. The summed E-state index contributed by atoms with van der Waals surface area (Å²) in [6, 6.07) is 17.2. The molecule has 8 heteroatoms. The Kier molecular flexibility index (Phi) is 5.43. The number of pyridine rings is 2. The Hall–Kier alpha value is -3.94. The van der Waals surface area contributed by atoms with E-state index >= 15 is 0 Å². The van der Waals surface area contributed by atoms with Crippen LogP contribution in [-0.4, -0.2) is 29.7 Å². The summed E-state index contributed by atoms with van der Waals surface area (Å²) in [7, 11) is 0. The molecule has 2 aromatic carbocycles. The average Bonchev–Trinajstić information content (AvgIpc) is 3.39. The van der Waals surface area contributed by atoms with Gasteiger partial charge in [-0.1, -0.05) is 29.8 Å². The number of nitrogens with one attached hydrogen (secondary N) is 1. The fourth-order valence-electron chi connectivity index (χ4n) is 4.34. The summed E-state index contributed by atoms with van der Waals surface area (Å²) in [6.45, 7) is 2.39. The number of nitrogens with zero attached hydrogens (tertiary/aromatic N) is 3. The van der Waals surface area contributed by atoms with E-state index in [1.807, 2.05) is 19.1 Å². The molecule has 0 bridgehead atoms. The predicted molar refractivity (Wildman–Crippen MR) is 131 cm³/mol. The summed E-state index contributed by atoms with van der Waals surface area (Å²) < 4.78 is 1.66. The number of hydrogen-bond donors (Lipinski definition) is 3. The average molecular weight is 473 g/mol. The molecule has 1 unspecified atom stereocenters. The maximum atomic E-state index is 12.9. The molecular weight excluding hydrogens is 452 g/mol. The summed E-state index contributed by atoms with van der Waals surface area (Å²) >= 11 is 6.27. The van der Waals surface area contributed by atoms with Crippen molar-refractivity contribution in [2.24, 2.45) is 0 Å². The quantitative estimate of drug-likeness (QED) is 0.350. The van der Waals surface area contributed by atoms with Crippen LogP contribution < -0.4 is 5.56 Å². The van der Waals surface area contributed by atoms with Gasteiger partial charge in [-0.15, -0.1) is 0 Å². The van der Waals surface area contributed by atoms with E-state index in [1.165, 1.54) is 24.7 Å². The Morgan fingerprint density at radius 2 is 1.88 bits per heavy atom. The largest absolute Gasteiger partial charge is 0.506 e.